The molecule has 1 saturated carbocycles. The standard InChI is InChI=1S/C34H47ClN6O3Si/c1-23-8-7-9-39(18-23)19-27-15-29-30(35)20-40(32(43)31(29)41(27)22-44-10-11-45(4,5)6)26-12-25(13-28(42)14-26)34(16-24(2)17-34)33-37-36-21-38(33)3/h12-15,20-21,23-24,42H,7-11,16-19,22H2,1-6H3/t23-,24?,34?/m0/s1. The van der Waals surface area contributed by atoms with Crippen LogP contribution in [0.3, 0.4) is 0 Å². The van der Waals surface area contributed by atoms with Crippen molar-refractivity contribution >= 4 is 30.6 Å². The Hall–Kier alpha value is -2.92. The van der Waals surface area contributed by atoms with Crippen LogP contribution in [-0.2, 0) is 30.5 Å². The molecule has 242 valence electrons. The molecule has 0 amide bonds. The van der Waals surface area contributed by atoms with Crippen molar-refractivity contribution in [2.75, 3.05) is 19.7 Å². The Bertz CT molecular complexity index is 1750. The minimum atomic E-state index is -1.28. The number of aromatic nitrogens is 5. The van der Waals surface area contributed by atoms with Crippen molar-refractivity contribution in [3.05, 3.63) is 69.2 Å². The average molecular weight is 651 g/mol. The lowest BCUT2D eigenvalue weighted by molar-refractivity contribution is 0.0848. The van der Waals surface area contributed by atoms with Crippen LogP contribution in [0, 0.1) is 11.8 Å². The molecule has 1 aliphatic carbocycles. The normalized spacial score (nSPS) is 22.6. The summed E-state index contributed by atoms with van der Waals surface area (Å²) in [5.74, 6) is 2.11. The van der Waals surface area contributed by atoms with Crippen LogP contribution < -0.4 is 5.56 Å². The van der Waals surface area contributed by atoms with Gasteiger partial charge in [-0.2, -0.15) is 0 Å². The van der Waals surface area contributed by atoms with Crippen LogP contribution in [0.4, 0.5) is 0 Å². The van der Waals surface area contributed by atoms with Crippen molar-refractivity contribution in [2.24, 2.45) is 18.9 Å². The summed E-state index contributed by atoms with van der Waals surface area (Å²) in [6.45, 7) is 15.3. The molecule has 0 spiro atoms. The Labute approximate surface area is 271 Å². The van der Waals surface area contributed by atoms with E-state index in [9.17, 15) is 9.90 Å². The summed E-state index contributed by atoms with van der Waals surface area (Å²) in [5.41, 5.74) is 2.47. The zero-order valence-corrected chi connectivity index (χ0v) is 29.3. The highest BCUT2D eigenvalue weighted by Crippen LogP contribution is 2.52. The number of fused-ring (bicyclic) bond motifs is 1. The molecule has 0 bridgehead atoms. The lowest BCUT2D eigenvalue weighted by Crippen LogP contribution is -2.43. The Kier molecular flexibility index (Phi) is 8.80. The van der Waals surface area contributed by atoms with Gasteiger partial charge in [0.25, 0.3) is 5.56 Å². The molecular weight excluding hydrogens is 604 g/mol. The Morgan fingerprint density at radius 2 is 1.91 bits per heavy atom. The SMILES string of the molecule is CC1CC(c2cc(O)cc(-n3cc(Cl)c4cc(CN5CCC[C@H](C)C5)n(COCC[Si](C)(C)C)c4c3=O)c2)(c2nncn2C)C1. The third kappa shape index (κ3) is 6.39. The molecule has 1 aliphatic heterocycles. The minimum Gasteiger partial charge on any atom is -0.508 e. The molecule has 2 aliphatic rings. The van der Waals surface area contributed by atoms with Gasteiger partial charge in [-0.15, -0.1) is 10.2 Å². The lowest BCUT2D eigenvalue weighted by atomic mass is 9.58. The number of aromatic hydroxyl groups is 1. The van der Waals surface area contributed by atoms with Crippen molar-refractivity contribution in [1.29, 1.82) is 0 Å². The van der Waals surface area contributed by atoms with E-state index in [1.54, 1.807) is 29.2 Å². The molecule has 6 rings (SSSR count). The third-order valence-electron chi connectivity index (χ3n) is 9.71. The second kappa shape index (κ2) is 12.4. The van der Waals surface area contributed by atoms with Gasteiger partial charge in [-0.1, -0.05) is 45.1 Å². The molecule has 11 heteroatoms. The maximum atomic E-state index is 14.5. The Morgan fingerprint density at radius 1 is 1.13 bits per heavy atom. The fourth-order valence-electron chi connectivity index (χ4n) is 7.44. The smallest absolute Gasteiger partial charge is 0.279 e. The van der Waals surface area contributed by atoms with E-state index in [1.807, 2.05) is 22.2 Å². The zero-order chi connectivity index (χ0) is 32.1. The maximum Gasteiger partial charge on any atom is 0.279 e. The number of pyridine rings is 1. The molecule has 0 radical (unpaired) electrons. The van der Waals surface area contributed by atoms with Gasteiger partial charge in [0.15, 0.2) is 0 Å². The molecule has 2 fully saturated rings. The van der Waals surface area contributed by atoms with Gasteiger partial charge >= 0.3 is 0 Å². The second-order valence-electron chi connectivity index (χ2n) is 14.9. The van der Waals surface area contributed by atoms with E-state index >= 15 is 0 Å². The van der Waals surface area contributed by atoms with Gasteiger partial charge in [0.1, 0.15) is 30.1 Å². The molecule has 4 heterocycles. The summed E-state index contributed by atoms with van der Waals surface area (Å²) in [5, 5.41) is 20.8. The van der Waals surface area contributed by atoms with Gasteiger partial charge in [-0.3, -0.25) is 14.3 Å². The van der Waals surface area contributed by atoms with E-state index < -0.39 is 13.5 Å². The summed E-state index contributed by atoms with van der Waals surface area (Å²) in [6.07, 6.45) is 7.59. The van der Waals surface area contributed by atoms with Crippen LogP contribution in [0.25, 0.3) is 16.6 Å². The molecule has 1 saturated heterocycles. The van der Waals surface area contributed by atoms with Gasteiger partial charge in [-0.25, -0.2) is 0 Å². The third-order valence-corrected chi connectivity index (χ3v) is 11.7. The van der Waals surface area contributed by atoms with Crippen LogP contribution in [0.5, 0.6) is 5.75 Å². The number of hydrogen-bond donors (Lipinski definition) is 1. The van der Waals surface area contributed by atoms with Crippen LogP contribution in [0.1, 0.15) is 56.6 Å². The van der Waals surface area contributed by atoms with Crippen LogP contribution in [-0.4, -0.2) is 61.7 Å². The molecule has 3 aromatic heterocycles. The molecular formula is C34H47ClN6O3Si. The zero-order valence-electron chi connectivity index (χ0n) is 27.5. The monoisotopic (exact) mass is 650 g/mol. The van der Waals surface area contributed by atoms with Gasteiger partial charge in [0.05, 0.1) is 16.1 Å². The minimum absolute atomic E-state index is 0.0942. The van der Waals surface area contributed by atoms with Crippen molar-refractivity contribution in [1.82, 2.24) is 28.8 Å². The van der Waals surface area contributed by atoms with E-state index in [0.29, 0.717) is 41.4 Å². The van der Waals surface area contributed by atoms with Crippen LogP contribution in [0.2, 0.25) is 30.7 Å². The van der Waals surface area contributed by atoms with Gasteiger partial charge in [-0.05, 0) is 73.9 Å². The first-order chi connectivity index (χ1) is 21.3. The number of halogens is 1. The molecule has 1 atom stereocenters. The average Bonchev–Trinajstić information content (AvgIpc) is 3.54. The number of phenolic OH excluding ortho intramolecular Hbond substituents is 1. The fourth-order valence-corrected chi connectivity index (χ4v) is 8.44. The van der Waals surface area contributed by atoms with Gasteiger partial charge in [0, 0.05) is 58.2 Å². The van der Waals surface area contributed by atoms with Gasteiger partial charge in [0.2, 0.25) is 0 Å². The molecule has 1 N–H and O–H groups in total. The lowest BCUT2D eigenvalue weighted by Gasteiger charge is -2.46. The quantitative estimate of drug-likeness (QED) is 0.155. The maximum absolute atomic E-state index is 14.5. The number of ether oxygens (including phenoxy) is 1. The van der Waals surface area contributed by atoms with Crippen molar-refractivity contribution in [3.8, 4) is 11.4 Å². The molecule has 0 unspecified atom stereocenters. The highest BCUT2D eigenvalue weighted by atomic mass is 35.5. The molecule has 45 heavy (non-hydrogen) atoms. The Balaban J connectivity index is 1.44. The fraction of sp³-hybridized carbons (Fsp3) is 0.559. The number of phenols is 1. The number of nitrogens with zero attached hydrogens (tertiary/aromatic N) is 6. The predicted octanol–water partition coefficient (Wildman–Crippen LogP) is 6.54. The van der Waals surface area contributed by atoms with Crippen molar-refractivity contribution in [3.63, 3.8) is 0 Å². The number of hydrogen-bond acceptors (Lipinski definition) is 6. The summed E-state index contributed by atoms with van der Waals surface area (Å²) in [4.78, 5) is 16.9. The Morgan fingerprint density at radius 3 is 2.58 bits per heavy atom. The van der Waals surface area contributed by atoms with Crippen molar-refractivity contribution in [2.45, 2.75) is 83.9 Å². The first-order valence-electron chi connectivity index (χ1n) is 16.3. The molecule has 4 aromatic rings. The van der Waals surface area contributed by atoms with Crippen LogP contribution >= 0.6 is 11.6 Å². The van der Waals surface area contributed by atoms with Crippen molar-refractivity contribution < 1.29 is 9.84 Å². The summed E-state index contributed by atoms with van der Waals surface area (Å²) in [7, 11) is 0.670. The first kappa shape index (κ1) is 32.0. The van der Waals surface area contributed by atoms with E-state index in [-0.39, 0.29) is 11.3 Å². The molecule has 1 aromatic carbocycles. The topological polar surface area (TPSA) is 90.3 Å². The summed E-state index contributed by atoms with van der Waals surface area (Å²) in [6, 6.07) is 8.54. The number of rotatable bonds is 10. The molecule has 9 nitrogen and oxygen atoms in total. The largest absolute Gasteiger partial charge is 0.508 e. The van der Waals surface area contributed by atoms with E-state index in [4.69, 9.17) is 16.3 Å². The summed E-state index contributed by atoms with van der Waals surface area (Å²) >= 11 is 6.98. The summed E-state index contributed by atoms with van der Waals surface area (Å²) < 4.78 is 11.8. The van der Waals surface area contributed by atoms with E-state index in [2.05, 4.69) is 54.7 Å². The first-order valence-corrected chi connectivity index (χ1v) is 20.4. The van der Waals surface area contributed by atoms with Gasteiger partial charge < -0.3 is 19.0 Å². The highest BCUT2D eigenvalue weighted by Gasteiger charge is 2.48. The highest BCUT2D eigenvalue weighted by molar-refractivity contribution is 6.76. The number of likely N-dealkylation sites (tertiary alicyclic amines) is 1. The van der Waals surface area contributed by atoms with Crippen LogP contribution in [0.15, 0.2) is 41.6 Å². The number of aryl methyl sites for hydroxylation is 1. The second-order valence-corrected chi connectivity index (χ2v) is 20.9. The number of benzene rings is 1. The number of piperidine rings is 1. The predicted molar refractivity (Wildman–Crippen MR) is 182 cm³/mol. The van der Waals surface area contributed by atoms with E-state index in [1.165, 1.54) is 12.8 Å². The van der Waals surface area contributed by atoms with E-state index in [0.717, 1.165) is 61.0 Å².